The van der Waals surface area contributed by atoms with Crippen LogP contribution in [0.1, 0.15) is 15.9 Å². The molecule has 5 nitrogen and oxygen atoms in total. The van der Waals surface area contributed by atoms with E-state index in [1.807, 2.05) is 73.7 Å². The summed E-state index contributed by atoms with van der Waals surface area (Å²) >= 11 is 0. The van der Waals surface area contributed by atoms with Crippen LogP contribution >= 0.6 is 0 Å². The zero-order chi connectivity index (χ0) is 17.2. The Labute approximate surface area is 144 Å². The number of anilines is 1. The summed E-state index contributed by atoms with van der Waals surface area (Å²) in [7, 11) is 0. The van der Waals surface area contributed by atoms with E-state index >= 15 is 0 Å². The summed E-state index contributed by atoms with van der Waals surface area (Å²) in [6, 6.07) is 22.7. The number of amides is 1. The van der Waals surface area contributed by atoms with Crippen LogP contribution in [0, 0.1) is 6.92 Å². The van der Waals surface area contributed by atoms with Gasteiger partial charge in [-0.3, -0.25) is 4.79 Å². The number of carbonyl (C=O) groups excluding carboxylic acids is 1. The van der Waals surface area contributed by atoms with Crippen molar-refractivity contribution in [3.8, 4) is 5.69 Å². The molecule has 0 fully saturated rings. The highest BCUT2D eigenvalue weighted by Gasteiger charge is 2.09. The number of para-hydroxylation sites is 1. The first-order chi connectivity index (χ1) is 12.2. The van der Waals surface area contributed by atoms with Crippen LogP contribution in [0.2, 0.25) is 0 Å². The summed E-state index contributed by atoms with van der Waals surface area (Å²) in [5.74, 6) is -0.140. The minimum atomic E-state index is -0.140. The lowest BCUT2D eigenvalue weighted by Crippen LogP contribution is -2.11. The molecule has 25 heavy (non-hydrogen) atoms. The molecule has 122 valence electrons. The maximum absolute atomic E-state index is 12.4. The zero-order valence-corrected chi connectivity index (χ0v) is 13.7. The molecule has 3 aromatic carbocycles. The van der Waals surface area contributed by atoms with Gasteiger partial charge in [0.1, 0.15) is 11.0 Å². The fourth-order valence-corrected chi connectivity index (χ4v) is 2.66. The second kappa shape index (κ2) is 6.20. The number of fused-ring (bicyclic) bond motifs is 1. The molecular formula is C20H16N4O. The van der Waals surface area contributed by atoms with Crippen LogP contribution in [-0.2, 0) is 0 Å². The first-order valence-corrected chi connectivity index (χ1v) is 8.00. The van der Waals surface area contributed by atoms with Gasteiger partial charge < -0.3 is 5.32 Å². The lowest BCUT2D eigenvalue weighted by molar-refractivity contribution is 0.102. The fourth-order valence-electron chi connectivity index (χ4n) is 2.66. The zero-order valence-electron chi connectivity index (χ0n) is 13.7. The third-order valence-corrected chi connectivity index (χ3v) is 3.91. The Morgan fingerprint density at radius 1 is 0.880 bits per heavy atom. The number of aryl methyl sites for hydroxylation is 1. The van der Waals surface area contributed by atoms with E-state index in [4.69, 9.17) is 0 Å². The van der Waals surface area contributed by atoms with E-state index < -0.39 is 0 Å². The third kappa shape index (κ3) is 3.12. The Balaban J connectivity index is 1.62. The highest BCUT2D eigenvalue weighted by molar-refractivity contribution is 6.05. The van der Waals surface area contributed by atoms with E-state index in [-0.39, 0.29) is 5.91 Å². The van der Waals surface area contributed by atoms with E-state index in [0.29, 0.717) is 11.3 Å². The van der Waals surface area contributed by atoms with Crippen LogP contribution in [0.5, 0.6) is 0 Å². The van der Waals surface area contributed by atoms with Crippen molar-refractivity contribution in [2.75, 3.05) is 5.32 Å². The standard InChI is InChI=1S/C20H16N4O/c1-14-6-5-7-15(12-14)20(25)21-16-10-11-18-19(13-16)23-24(22-18)17-8-3-2-4-9-17/h2-13H,1H3,(H,21,25). The van der Waals surface area contributed by atoms with E-state index in [1.165, 1.54) is 0 Å². The van der Waals surface area contributed by atoms with Crippen LogP contribution in [0.15, 0.2) is 72.8 Å². The average molecular weight is 328 g/mol. The first-order valence-electron chi connectivity index (χ1n) is 8.00. The normalized spacial score (nSPS) is 10.8. The van der Waals surface area contributed by atoms with E-state index in [2.05, 4.69) is 15.5 Å². The van der Waals surface area contributed by atoms with Crippen molar-refractivity contribution in [2.45, 2.75) is 6.92 Å². The van der Waals surface area contributed by atoms with E-state index in [0.717, 1.165) is 22.3 Å². The molecule has 4 aromatic rings. The maximum Gasteiger partial charge on any atom is 0.255 e. The van der Waals surface area contributed by atoms with Crippen molar-refractivity contribution in [1.29, 1.82) is 0 Å². The smallest absolute Gasteiger partial charge is 0.255 e. The molecule has 0 aliphatic rings. The molecule has 0 radical (unpaired) electrons. The van der Waals surface area contributed by atoms with Gasteiger partial charge in [-0.05, 0) is 49.4 Å². The Hall–Kier alpha value is -3.47. The molecule has 1 aromatic heterocycles. The predicted molar refractivity (Wildman–Crippen MR) is 98.0 cm³/mol. The van der Waals surface area contributed by atoms with Crippen molar-refractivity contribution in [3.63, 3.8) is 0 Å². The monoisotopic (exact) mass is 328 g/mol. The molecular weight excluding hydrogens is 312 g/mol. The molecule has 0 atom stereocenters. The summed E-state index contributed by atoms with van der Waals surface area (Å²) in [5.41, 5.74) is 4.77. The molecule has 1 amide bonds. The van der Waals surface area contributed by atoms with Gasteiger partial charge in [-0.15, -0.1) is 10.2 Å². The van der Waals surface area contributed by atoms with Gasteiger partial charge in [0.2, 0.25) is 0 Å². The van der Waals surface area contributed by atoms with Crippen LogP contribution in [0.25, 0.3) is 16.7 Å². The van der Waals surface area contributed by atoms with Crippen molar-refractivity contribution in [3.05, 3.63) is 83.9 Å². The lowest BCUT2D eigenvalue weighted by Gasteiger charge is -2.05. The molecule has 0 saturated carbocycles. The number of rotatable bonds is 3. The van der Waals surface area contributed by atoms with Gasteiger partial charge in [0, 0.05) is 11.3 Å². The van der Waals surface area contributed by atoms with Crippen molar-refractivity contribution >= 4 is 22.6 Å². The summed E-state index contributed by atoms with van der Waals surface area (Å²) in [6.45, 7) is 1.96. The van der Waals surface area contributed by atoms with Crippen LogP contribution in [0.3, 0.4) is 0 Å². The second-order valence-electron chi connectivity index (χ2n) is 5.85. The van der Waals surface area contributed by atoms with E-state index in [1.54, 1.807) is 10.9 Å². The molecule has 1 heterocycles. The van der Waals surface area contributed by atoms with Crippen molar-refractivity contribution in [2.24, 2.45) is 0 Å². The number of nitrogens with one attached hydrogen (secondary N) is 1. The average Bonchev–Trinajstić information content (AvgIpc) is 3.06. The number of hydrogen-bond acceptors (Lipinski definition) is 3. The van der Waals surface area contributed by atoms with Gasteiger partial charge in [0.15, 0.2) is 0 Å². The number of hydrogen-bond donors (Lipinski definition) is 1. The summed E-state index contributed by atoms with van der Waals surface area (Å²) in [6.07, 6.45) is 0. The Morgan fingerprint density at radius 2 is 1.68 bits per heavy atom. The van der Waals surface area contributed by atoms with Crippen molar-refractivity contribution in [1.82, 2.24) is 15.0 Å². The van der Waals surface area contributed by atoms with E-state index in [9.17, 15) is 4.79 Å². The number of benzene rings is 3. The van der Waals surface area contributed by atoms with Gasteiger partial charge in [-0.2, -0.15) is 4.80 Å². The molecule has 0 aliphatic carbocycles. The second-order valence-corrected chi connectivity index (χ2v) is 5.85. The molecule has 5 heteroatoms. The molecule has 0 saturated heterocycles. The molecule has 1 N–H and O–H groups in total. The molecule has 0 bridgehead atoms. The van der Waals surface area contributed by atoms with Gasteiger partial charge in [-0.1, -0.05) is 35.9 Å². The van der Waals surface area contributed by atoms with Gasteiger partial charge in [0.25, 0.3) is 5.91 Å². The van der Waals surface area contributed by atoms with Crippen molar-refractivity contribution < 1.29 is 4.79 Å². The minimum Gasteiger partial charge on any atom is -0.322 e. The number of nitrogens with zero attached hydrogens (tertiary/aromatic N) is 3. The Kier molecular flexibility index (Phi) is 3.74. The van der Waals surface area contributed by atoms with Gasteiger partial charge >= 0.3 is 0 Å². The third-order valence-electron chi connectivity index (χ3n) is 3.91. The van der Waals surface area contributed by atoms with Crippen LogP contribution < -0.4 is 5.32 Å². The lowest BCUT2D eigenvalue weighted by atomic mass is 10.1. The molecule has 0 spiro atoms. The van der Waals surface area contributed by atoms with Crippen LogP contribution in [-0.4, -0.2) is 20.9 Å². The molecule has 4 rings (SSSR count). The number of carbonyl (C=O) groups is 1. The summed E-state index contributed by atoms with van der Waals surface area (Å²) < 4.78 is 0. The van der Waals surface area contributed by atoms with Gasteiger partial charge in [-0.25, -0.2) is 0 Å². The van der Waals surface area contributed by atoms with Gasteiger partial charge in [0.05, 0.1) is 5.69 Å². The number of aromatic nitrogens is 3. The summed E-state index contributed by atoms with van der Waals surface area (Å²) in [4.78, 5) is 14.0. The SMILES string of the molecule is Cc1cccc(C(=O)Nc2ccc3nn(-c4ccccc4)nc3c2)c1. The largest absolute Gasteiger partial charge is 0.322 e. The maximum atomic E-state index is 12.4. The highest BCUT2D eigenvalue weighted by atomic mass is 16.1. The first kappa shape index (κ1) is 15.1. The predicted octanol–water partition coefficient (Wildman–Crippen LogP) is 3.98. The molecule has 0 aliphatic heterocycles. The Morgan fingerprint density at radius 3 is 2.48 bits per heavy atom. The Bertz CT molecular complexity index is 1050. The quantitative estimate of drug-likeness (QED) is 0.619. The summed E-state index contributed by atoms with van der Waals surface area (Å²) in [5, 5.41) is 11.9. The minimum absolute atomic E-state index is 0.140. The topological polar surface area (TPSA) is 59.8 Å². The van der Waals surface area contributed by atoms with Crippen LogP contribution in [0.4, 0.5) is 5.69 Å². The fraction of sp³-hybridized carbons (Fsp3) is 0.0500. The highest BCUT2D eigenvalue weighted by Crippen LogP contribution is 2.18. The molecule has 0 unspecified atom stereocenters.